The van der Waals surface area contributed by atoms with Crippen molar-refractivity contribution in [2.24, 2.45) is 10.8 Å². The Balaban J connectivity index is 0.000000144. The molecule has 5 heterocycles. The number of benzene rings is 2. The van der Waals surface area contributed by atoms with Crippen molar-refractivity contribution < 1.29 is 53.6 Å². The number of hydrogen-bond donors (Lipinski definition) is 4. The van der Waals surface area contributed by atoms with E-state index in [0.29, 0.717) is 50.4 Å². The lowest BCUT2D eigenvalue weighted by Crippen LogP contribution is -2.80. The lowest BCUT2D eigenvalue weighted by Gasteiger charge is -2.66. The molecule has 11 rings (SSSR count). The third-order valence-corrected chi connectivity index (χ3v) is 15.9. The minimum atomic E-state index is -0.900. The van der Waals surface area contributed by atoms with Crippen LogP contribution in [0.3, 0.4) is 0 Å². The first-order chi connectivity index (χ1) is 28.9. The zero-order valence-electron chi connectivity index (χ0n) is 36.8. The predicted molar refractivity (Wildman–Crippen MR) is 245 cm³/mol. The lowest BCUT2D eigenvalue weighted by atomic mass is 9.48. The van der Waals surface area contributed by atoms with E-state index in [4.69, 9.17) is 38.6 Å². The monoisotopic (exact) mass is 1070 g/mol. The van der Waals surface area contributed by atoms with Crippen molar-refractivity contribution in [1.82, 2.24) is 9.80 Å². The number of hydrogen-bond acceptors (Lipinski definition) is 13. The number of Topliss-reactive ketones (excluding diaryl/α,β-unsaturated/α-hetero) is 1. The molecule has 15 heteroatoms. The average molecular weight is 1070 g/mol. The van der Waals surface area contributed by atoms with Crippen molar-refractivity contribution in [3.63, 3.8) is 0 Å². The first-order valence-electron chi connectivity index (χ1n) is 21.7. The first kappa shape index (κ1) is 46.0. The number of ketones is 1. The number of ether oxygens (including phenoxy) is 6. The Morgan fingerprint density at radius 1 is 0.754 bits per heavy atom. The van der Waals surface area contributed by atoms with E-state index in [-0.39, 0.29) is 48.0 Å². The van der Waals surface area contributed by atoms with Gasteiger partial charge in [0.1, 0.15) is 0 Å². The number of halogens is 2. The van der Waals surface area contributed by atoms with E-state index >= 15 is 0 Å². The van der Waals surface area contributed by atoms with E-state index in [1.807, 2.05) is 12.1 Å². The number of rotatable bonds is 4. The van der Waals surface area contributed by atoms with Gasteiger partial charge in [-0.15, -0.1) is 0 Å². The quantitative estimate of drug-likeness (QED) is 0.302. The van der Waals surface area contributed by atoms with Crippen molar-refractivity contribution in [2.75, 3.05) is 67.8 Å². The lowest BCUT2D eigenvalue weighted by molar-refractivity contribution is -0.368. The van der Waals surface area contributed by atoms with Crippen LogP contribution >= 0.6 is 37.2 Å². The molecule has 3 saturated heterocycles. The Bertz CT molecular complexity index is 2020. The largest absolute Gasteiger partial charge is 0.493 e. The molecule has 2 aromatic rings. The highest BCUT2D eigenvalue weighted by Crippen LogP contribution is 2.68. The number of likely N-dealkylation sites (N-methyl/N-ethyl adjacent to an activating group) is 2. The summed E-state index contributed by atoms with van der Waals surface area (Å²) in [5.74, 6) is 2.17. The van der Waals surface area contributed by atoms with Gasteiger partial charge in [0.2, 0.25) is 5.79 Å². The van der Waals surface area contributed by atoms with Crippen LogP contribution in [0.1, 0.15) is 88.5 Å². The maximum absolute atomic E-state index is 12.7. The maximum Gasteiger partial charge on any atom is 0.207 e. The third kappa shape index (κ3) is 6.49. The van der Waals surface area contributed by atoms with Gasteiger partial charge in [0.05, 0.1) is 62.7 Å². The topological polar surface area (TPSA) is 160 Å². The Hall–Kier alpha value is -1.55. The highest BCUT2D eigenvalue weighted by molar-refractivity contribution is 15.0. The van der Waals surface area contributed by atoms with Gasteiger partial charge in [-0.3, -0.25) is 4.79 Å². The normalized spacial score (nSPS) is 36.3. The Morgan fingerprint density at radius 3 is 1.75 bits per heavy atom. The summed E-state index contributed by atoms with van der Waals surface area (Å²) in [6, 6.07) is 8.28. The number of carbonyl (C=O) groups excluding carboxylic acids is 1. The van der Waals surface area contributed by atoms with E-state index < -0.39 is 33.9 Å². The van der Waals surface area contributed by atoms with Crippen LogP contribution in [0.4, 0.5) is 0 Å². The molecule has 9 aliphatic rings. The number of piperidine rings is 2. The summed E-state index contributed by atoms with van der Waals surface area (Å²) in [7, 11) is 7.51. The van der Waals surface area contributed by atoms with Gasteiger partial charge < -0.3 is 58.6 Å². The van der Waals surface area contributed by atoms with Crippen LogP contribution in [0.2, 0.25) is 0 Å². The summed E-state index contributed by atoms with van der Waals surface area (Å²) < 4.78 is 37.0. The molecule has 5 fully saturated rings. The Labute approximate surface area is 383 Å². The smallest absolute Gasteiger partial charge is 0.207 e. The second-order valence-electron chi connectivity index (χ2n) is 20.5. The van der Waals surface area contributed by atoms with Crippen LogP contribution in [-0.4, -0.2) is 145 Å². The number of aliphatic hydroxyl groups is 4. The fraction of sp³-hybridized carbons (Fsp3) is 0.717. The molecular formula is C46H64I2N2O11. The number of aliphatic hydroxyl groups excluding tert-OH is 2. The molecule has 8 atom stereocenters. The second-order valence-corrected chi connectivity index (χ2v) is 20.5. The molecule has 338 valence electrons. The molecule has 0 radical (unpaired) electrons. The van der Waals surface area contributed by atoms with Crippen LogP contribution in [0.15, 0.2) is 24.3 Å². The highest BCUT2D eigenvalue weighted by atomic mass is 128. The molecule has 4 N–H and O–H groups in total. The number of likely N-dealkylation sites (tertiary alicyclic amines) is 2. The van der Waals surface area contributed by atoms with Crippen molar-refractivity contribution >= 4 is 43.0 Å². The van der Waals surface area contributed by atoms with Gasteiger partial charge in [0.25, 0.3) is 0 Å². The van der Waals surface area contributed by atoms with Crippen LogP contribution in [0.5, 0.6) is 23.0 Å². The van der Waals surface area contributed by atoms with Crippen molar-refractivity contribution in [3.05, 3.63) is 46.5 Å². The molecule has 0 aromatic heterocycles. The number of nitrogens with zero attached hydrogens (tertiary/aromatic N) is 2. The molecule has 13 nitrogen and oxygen atoms in total. The number of fused-ring (bicyclic) bond motifs is 1. The van der Waals surface area contributed by atoms with Crippen molar-refractivity contribution in [3.8, 4) is 23.0 Å². The van der Waals surface area contributed by atoms with Crippen LogP contribution in [0.25, 0.3) is 0 Å². The summed E-state index contributed by atoms with van der Waals surface area (Å²) in [5.41, 5.74) is 1.43. The Morgan fingerprint density at radius 2 is 1.25 bits per heavy atom. The average Bonchev–Trinajstić information content (AvgIpc) is 3.81. The second kappa shape index (κ2) is 16.1. The minimum absolute atomic E-state index is 0.0210. The van der Waals surface area contributed by atoms with Crippen LogP contribution < -0.4 is 18.9 Å². The summed E-state index contributed by atoms with van der Waals surface area (Å²) in [5, 5.41) is 40.9. The summed E-state index contributed by atoms with van der Waals surface area (Å²) in [6.45, 7) is 11.1. The predicted octanol–water partition coefficient (Wildman–Crippen LogP) is 5.07. The first-order valence-corrected chi connectivity index (χ1v) is 28.0. The number of carbonyl (C=O) groups is 1. The van der Waals surface area contributed by atoms with E-state index in [2.05, 4.69) is 87.1 Å². The van der Waals surface area contributed by atoms with Gasteiger partial charge in [-0.25, -0.2) is 0 Å². The van der Waals surface area contributed by atoms with Gasteiger partial charge >= 0.3 is 0 Å². The molecule has 0 amide bonds. The molecule has 2 saturated carbocycles. The maximum atomic E-state index is 12.7. The van der Waals surface area contributed by atoms with Gasteiger partial charge in [-0.2, -0.15) is 0 Å². The van der Waals surface area contributed by atoms with Gasteiger partial charge in [-0.1, -0.05) is 39.8 Å². The zero-order valence-corrected chi connectivity index (χ0v) is 41.1. The van der Waals surface area contributed by atoms with Crippen LogP contribution in [-0.2, 0) is 37.9 Å². The molecular weight excluding hydrogens is 1010 g/mol. The highest BCUT2D eigenvalue weighted by Gasteiger charge is 2.77. The molecule has 61 heavy (non-hydrogen) atoms. The fourth-order valence-electron chi connectivity index (χ4n) is 12.6. The third-order valence-electron chi connectivity index (χ3n) is 15.9. The standard InChI is InChI=1S/C23H31NO5.C18H21NO4.C5H12O2.I2/c1-20(2)12-27-23(28-13-20)8-7-22(25)16-11-14-5-6-15(26-4)18-17(14)21(22,19(23)29-18)9-10-24(16)3;1-19-8-7-17-14-10-3-4-12(22-2)15(14)23-16(17)11(20)5-6-18(17,21)13(19)9-10;1-5(2,3-6)4-7;1-2/h5-6,16,19,25H,7-13H2,1-4H3;3-4,13,16,21H,5-9H2,1-2H3;6-7H,3-4H2,1-2H3;/t16-,19?,21+,22?;13-,16?,17+,18?;;/m11../s1. The van der Waals surface area contributed by atoms with E-state index in [0.717, 1.165) is 61.4 Å². The summed E-state index contributed by atoms with van der Waals surface area (Å²) in [4.78, 5) is 17.2. The molecule has 2 aromatic carbocycles. The SMILES string of the molecule is CC(C)(CO)CO.COc1ccc2c3c1OC1C(=O)CCC4(O)[C@@H](C2)N(C)CC[C@]314.COc1ccc2c3c1OC1C4(CCC5(O)[C@@H](C2)N(C)CC[C@]315)OCC(C)(C)CO4.II. The summed E-state index contributed by atoms with van der Waals surface area (Å²) >= 11 is 4.24. The zero-order chi connectivity index (χ0) is 44.1. The van der Waals surface area contributed by atoms with Crippen molar-refractivity contribution in [2.45, 2.75) is 131 Å². The summed E-state index contributed by atoms with van der Waals surface area (Å²) in [6.07, 6.45) is 4.47. The minimum Gasteiger partial charge on any atom is -0.493 e. The van der Waals surface area contributed by atoms with Gasteiger partial charge in [-0.05, 0) is 89.0 Å². The van der Waals surface area contributed by atoms with Crippen LogP contribution in [0, 0.1) is 10.8 Å². The van der Waals surface area contributed by atoms with Gasteiger partial charge in [0, 0.05) is 84.1 Å². The molecule has 3 spiro atoms. The van der Waals surface area contributed by atoms with E-state index in [9.17, 15) is 15.0 Å². The van der Waals surface area contributed by atoms with E-state index in [1.54, 1.807) is 28.1 Å². The molecule has 5 aliphatic heterocycles. The molecule has 4 unspecified atom stereocenters. The molecule has 4 bridgehead atoms. The number of methoxy groups -OCH3 is 2. The van der Waals surface area contributed by atoms with Crippen molar-refractivity contribution in [1.29, 1.82) is 0 Å². The molecule has 4 aliphatic carbocycles. The van der Waals surface area contributed by atoms with Gasteiger partial charge in [0.15, 0.2) is 41.0 Å². The van der Waals surface area contributed by atoms with E-state index in [1.165, 1.54) is 11.1 Å². The Kier molecular flexibility index (Phi) is 12.1. The fourth-order valence-corrected chi connectivity index (χ4v) is 12.6.